The quantitative estimate of drug-likeness (QED) is 0.722. The second-order valence-corrected chi connectivity index (χ2v) is 6.43. The minimum Gasteiger partial charge on any atom is -0.476 e. The van der Waals surface area contributed by atoms with E-state index in [2.05, 4.69) is 9.97 Å². The number of carbonyl (C=O) groups excluding carboxylic acids is 2. The molecule has 1 aromatic carbocycles. The van der Waals surface area contributed by atoms with E-state index in [9.17, 15) is 14.4 Å². The molecule has 0 radical (unpaired) electrons. The molecule has 1 N–H and O–H groups in total. The lowest BCUT2D eigenvalue weighted by molar-refractivity contribution is -0.116. The van der Waals surface area contributed by atoms with Crippen LogP contribution >= 0.6 is 0 Å². The summed E-state index contributed by atoms with van der Waals surface area (Å²) in [6.45, 7) is 2.02. The van der Waals surface area contributed by atoms with Gasteiger partial charge in [0.25, 0.3) is 0 Å². The third-order valence-electron chi connectivity index (χ3n) is 4.21. The molecule has 28 heavy (non-hydrogen) atoms. The minimum atomic E-state index is -1.20. The Morgan fingerprint density at radius 1 is 1.18 bits per heavy atom. The number of carboxylic acid groups (broad SMARTS) is 1. The molecule has 9 heteroatoms. The number of hydrogen-bond donors (Lipinski definition) is 1. The smallest absolute Gasteiger partial charge is 0.356 e. The molecule has 0 spiro atoms. The number of aromatic nitrogens is 2. The summed E-state index contributed by atoms with van der Waals surface area (Å²) >= 11 is 0. The number of nitrogens with zero attached hydrogens (tertiary/aromatic N) is 3. The molecule has 0 saturated heterocycles. The number of aromatic carboxylic acids is 1. The highest BCUT2D eigenvalue weighted by molar-refractivity contribution is 5.95. The Kier molecular flexibility index (Phi) is 5.53. The van der Waals surface area contributed by atoms with Gasteiger partial charge in [-0.2, -0.15) is 0 Å². The van der Waals surface area contributed by atoms with Crippen LogP contribution in [0.3, 0.4) is 0 Å². The van der Waals surface area contributed by atoms with Crippen molar-refractivity contribution in [1.82, 2.24) is 9.97 Å². The Morgan fingerprint density at radius 3 is 2.46 bits per heavy atom. The zero-order chi connectivity index (χ0) is 20.3. The predicted octanol–water partition coefficient (Wildman–Crippen LogP) is 2.52. The zero-order valence-electron chi connectivity index (χ0n) is 15.4. The molecule has 1 aliphatic carbocycles. The van der Waals surface area contributed by atoms with Crippen LogP contribution in [-0.2, 0) is 9.53 Å². The summed E-state index contributed by atoms with van der Waals surface area (Å²) in [7, 11) is 1.26. The number of hydrogen-bond acceptors (Lipinski definition) is 7. The van der Waals surface area contributed by atoms with Crippen molar-refractivity contribution in [3.05, 3.63) is 41.9 Å². The highest BCUT2D eigenvalue weighted by Crippen LogP contribution is 2.33. The van der Waals surface area contributed by atoms with Gasteiger partial charge in [-0.1, -0.05) is 0 Å². The number of carboxylic acids is 1. The van der Waals surface area contributed by atoms with Gasteiger partial charge in [-0.05, 0) is 30.9 Å². The lowest BCUT2D eigenvalue weighted by Crippen LogP contribution is -2.30. The van der Waals surface area contributed by atoms with Crippen LogP contribution in [0.5, 0.6) is 11.6 Å². The molecule has 0 atom stereocenters. The number of methoxy groups -OCH3 is 1. The number of benzene rings is 1. The summed E-state index contributed by atoms with van der Waals surface area (Å²) in [4.78, 5) is 44.3. The average Bonchev–Trinajstić information content (AvgIpc) is 3.49. The lowest BCUT2D eigenvalue weighted by Gasteiger charge is -2.22. The van der Waals surface area contributed by atoms with Crippen LogP contribution in [-0.4, -0.2) is 46.6 Å². The first kappa shape index (κ1) is 19.3. The summed E-state index contributed by atoms with van der Waals surface area (Å²) in [5, 5.41) is 8.88. The number of esters is 1. The molecular formula is C19H19N3O6. The molecule has 1 aliphatic rings. The molecule has 1 aromatic heterocycles. The van der Waals surface area contributed by atoms with Crippen molar-refractivity contribution in [3.8, 4) is 11.6 Å². The molecule has 9 nitrogen and oxygen atoms in total. The molecule has 1 saturated carbocycles. The Bertz CT molecular complexity index is 908. The van der Waals surface area contributed by atoms with Crippen LogP contribution in [0, 0.1) is 5.92 Å². The van der Waals surface area contributed by atoms with Gasteiger partial charge in [0.1, 0.15) is 5.75 Å². The third kappa shape index (κ3) is 4.61. The van der Waals surface area contributed by atoms with E-state index in [1.54, 1.807) is 17.0 Å². The predicted molar refractivity (Wildman–Crippen MR) is 97.6 cm³/mol. The van der Waals surface area contributed by atoms with E-state index in [0.717, 1.165) is 19.0 Å². The summed E-state index contributed by atoms with van der Waals surface area (Å²) in [5.74, 6) is -1.18. The summed E-state index contributed by atoms with van der Waals surface area (Å²) in [6, 6.07) is 4.64. The van der Waals surface area contributed by atoms with Gasteiger partial charge in [-0.25, -0.2) is 19.6 Å². The van der Waals surface area contributed by atoms with Gasteiger partial charge in [0.2, 0.25) is 11.8 Å². The third-order valence-corrected chi connectivity index (χ3v) is 4.21. The van der Waals surface area contributed by atoms with Crippen LogP contribution in [0.25, 0.3) is 0 Å². The van der Waals surface area contributed by atoms with Crippen molar-refractivity contribution < 1.29 is 29.0 Å². The molecule has 1 amide bonds. The van der Waals surface area contributed by atoms with Crippen LogP contribution in [0.2, 0.25) is 0 Å². The van der Waals surface area contributed by atoms with Crippen molar-refractivity contribution >= 4 is 23.5 Å². The molecule has 3 rings (SSSR count). The minimum absolute atomic E-state index is 0.0505. The molecule has 2 aromatic rings. The maximum Gasteiger partial charge on any atom is 0.356 e. The van der Waals surface area contributed by atoms with E-state index in [1.807, 2.05) is 0 Å². The lowest BCUT2D eigenvalue weighted by atomic mass is 10.1. The van der Waals surface area contributed by atoms with Crippen LogP contribution < -0.4 is 9.64 Å². The van der Waals surface area contributed by atoms with Gasteiger partial charge < -0.3 is 19.5 Å². The van der Waals surface area contributed by atoms with Crippen molar-refractivity contribution in [2.45, 2.75) is 19.8 Å². The number of amides is 1. The SMILES string of the molecule is COC(=O)c1cc(Oc2cnc(C(=O)O)cn2)cc(N(CC2CC2)C(C)=O)c1. The Hall–Kier alpha value is -3.49. The van der Waals surface area contributed by atoms with E-state index in [0.29, 0.717) is 18.2 Å². The van der Waals surface area contributed by atoms with Gasteiger partial charge in [0.15, 0.2) is 5.69 Å². The maximum atomic E-state index is 12.1. The number of rotatable bonds is 7. The standard InChI is InChI=1S/C19H19N3O6/c1-11(23)22(10-12-3-4-12)14-5-13(19(26)27-2)6-15(7-14)28-17-9-20-16(8-21-17)18(24)25/h5-9,12H,3-4,10H2,1-2H3,(H,24,25). The van der Waals surface area contributed by atoms with E-state index in [1.165, 1.54) is 26.3 Å². The van der Waals surface area contributed by atoms with Gasteiger partial charge in [0, 0.05) is 25.2 Å². The van der Waals surface area contributed by atoms with Crippen molar-refractivity contribution in [2.24, 2.45) is 5.92 Å². The topological polar surface area (TPSA) is 119 Å². The highest BCUT2D eigenvalue weighted by Gasteiger charge is 2.27. The summed E-state index contributed by atoms with van der Waals surface area (Å²) < 4.78 is 10.4. The van der Waals surface area contributed by atoms with Crippen molar-refractivity contribution in [1.29, 1.82) is 0 Å². The van der Waals surface area contributed by atoms with E-state index in [4.69, 9.17) is 14.6 Å². The maximum absolute atomic E-state index is 12.1. The first-order chi connectivity index (χ1) is 13.4. The monoisotopic (exact) mass is 385 g/mol. The number of anilines is 1. The average molecular weight is 385 g/mol. The first-order valence-corrected chi connectivity index (χ1v) is 8.62. The second kappa shape index (κ2) is 8.03. The first-order valence-electron chi connectivity index (χ1n) is 8.62. The zero-order valence-corrected chi connectivity index (χ0v) is 15.4. The van der Waals surface area contributed by atoms with Gasteiger partial charge in [-0.15, -0.1) is 0 Å². The van der Waals surface area contributed by atoms with Crippen molar-refractivity contribution in [2.75, 3.05) is 18.6 Å². The second-order valence-electron chi connectivity index (χ2n) is 6.43. The Labute approximate surface area is 160 Å². The molecule has 0 bridgehead atoms. The Balaban J connectivity index is 1.93. The fourth-order valence-electron chi connectivity index (χ4n) is 2.61. The summed E-state index contributed by atoms with van der Waals surface area (Å²) in [6.07, 6.45) is 4.36. The fourth-order valence-corrected chi connectivity index (χ4v) is 2.61. The van der Waals surface area contributed by atoms with Crippen LogP contribution in [0.15, 0.2) is 30.6 Å². The number of ether oxygens (including phenoxy) is 2. The van der Waals surface area contributed by atoms with E-state index in [-0.39, 0.29) is 28.8 Å². The molecule has 1 fully saturated rings. The molecule has 1 heterocycles. The van der Waals surface area contributed by atoms with Gasteiger partial charge in [-0.3, -0.25) is 4.79 Å². The van der Waals surface area contributed by atoms with E-state index >= 15 is 0 Å². The van der Waals surface area contributed by atoms with Crippen LogP contribution in [0.1, 0.15) is 40.6 Å². The fraction of sp³-hybridized carbons (Fsp3) is 0.316. The molecular weight excluding hydrogens is 366 g/mol. The largest absolute Gasteiger partial charge is 0.476 e. The van der Waals surface area contributed by atoms with Gasteiger partial charge in [0.05, 0.1) is 25.1 Å². The van der Waals surface area contributed by atoms with Gasteiger partial charge >= 0.3 is 11.9 Å². The molecule has 0 aliphatic heterocycles. The Morgan fingerprint density at radius 2 is 1.93 bits per heavy atom. The normalized spacial score (nSPS) is 12.9. The van der Waals surface area contributed by atoms with Crippen molar-refractivity contribution in [3.63, 3.8) is 0 Å². The van der Waals surface area contributed by atoms with Crippen LogP contribution in [0.4, 0.5) is 5.69 Å². The number of carbonyl (C=O) groups is 3. The summed E-state index contributed by atoms with van der Waals surface area (Å²) in [5.41, 5.74) is 0.503. The molecule has 0 unspecified atom stereocenters. The molecule has 146 valence electrons. The highest BCUT2D eigenvalue weighted by atomic mass is 16.5. The van der Waals surface area contributed by atoms with E-state index < -0.39 is 11.9 Å².